The summed E-state index contributed by atoms with van der Waals surface area (Å²) in [6, 6.07) is 15.3. The number of rotatable bonds is 14. The Hall–Kier alpha value is -7.84. The van der Waals surface area contributed by atoms with Crippen LogP contribution in [0, 0.1) is 11.6 Å². The Bertz CT molecular complexity index is 2970. The summed E-state index contributed by atoms with van der Waals surface area (Å²) < 4.78 is 52.6. The van der Waals surface area contributed by atoms with Gasteiger partial charge in [-0.25, -0.2) is 33.3 Å². The van der Waals surface area contributed by atoms with Crippen LogP contribution in [0.1, 0.15) is 62.5 Å². The molecule has 5 aliphatic heterocycles. The molecule has 0 bridgehead atoms. The number of amides is 6. The topological polar surface area (TPSA) is 269 Å². The van der Waals surface area contributed by atoms with E-state index >= 15 is 0 Å². The van der Waals surface area contributed by atoms with Crippen molar-refractivity contribution in [3.63, 3.8) is 0 Å². The number of nitrogens with one attached hydrogen (secondary N) is 4. The van der Waals surface area contributed by atoms with Crippen molar-refractivity contribution in [1.82, 2.24) is 31.2 Å². The summed E-state index contributed by atoms with van der Waals surface area (Å²) in [7, 11) is -0.818. The monoisotopic (exact) mass is 1110 g/mol. The van der Waals surface area contributed by atoms with Gasteiger partial charge in [0, 0.05) is 59.7 Å². The number of hydrogen-bond donors (Lipinski definition) is 4. The molecule has 3 saturated heterocycles. The third-order valence-corrected chi connectivity index (χ3v) is 12.7. The number of carbonyl (C=O) groups is 6. The van der Waals surface area contributed by atoms with Crippen LogP contribution in [-0.4, -0.2) is 153 Å². The fourth-order valence-electron chi connectivity index (χ4n) is 7.51. The molecule has 9 rings (SSSR count). The van der Waals surface area contributed by atoms with E-state index in [0.29, 0.717) is 53.9 Å². The van der Waals surface area contributed by atoms with Gasteiger partial charge in [-0.15, -0.1) is 0 Å². The van der Waals surface area contributed by atoms with E-state index < -0.39 is 54.3 Å². The van der Waals surface area contributed by atoms with Crippen LogP contribution in [0.25, 0.3) is 11.1 Å². The number of cyclic esters (lactones) is 2. The zero-order valence-corrected chi connectivity index (χ0v) is 43.9. The smallest absolute Gasteiger partial charge is 0.442 e. The first kappa shape index (κ1) is 55.9. The van der Waals surface area contributed by atoms with Gasteiger partial charge in [-0.1, -0.05) is 12.1 Å². The number of anilines is 2. The van der Waals surface area contributed by atoms with Crippen molar-refractivity contribution in [3.05, 3.63) is 101 Å². The lowest BCUT2D eigenvalue weighted by atomic mass is 9.78. The number of aliphatic imine (C=N–C) groups is 4. The number of aromatic nitrogens is 2. The second-order valence-electron chi connectivity index (χ2n) is 18.4. The molecular formula is C50H54BBrF2N12O10. The molecule has 5 aliphatic rings. The molecule has 2 atom stereocenters. The van der Waals surface area contributed by atoms with E-state index in [4.69, 9.17) is 18.8 Å². The summed E-state index contributed by atoms with van der Waals surface area (Å²) in [6.07, 6.45) is 4.18. The Morgan fingerprint density at radius 1 is 0.671 bits per heavy atom. The molecule has 398 valence electrons. The third-order valence-electron chi connectivity index (χ3n) is 12.2. The number of hydrogen-bond acceptors (Lipinski definition) is 16. The Balaban J connectivity index is 0.000000176. The fourth-order valence-corrected chi connectivity index (χ4v) is 7.75. The van der Waals surface area contributed by atoms with Gasteiger partial charge in [0.1, 0.15) is 46.9 Å². The summed E-state index contributed by atoms with van der Waals surface area (Å²) in [5, 5.41) is 10.6. The predicted octanol–water partition coefficient (Wildman–Crippen LogP) is 4.20. The van der Waals surface area contributed by atoms with Gasteiger partial charge in [-0.2, -0.15) is 0 Å². The molecule has 4 N–H and O–H groups in total. The molecule has 2 aromatic carbocycles. The second-order valence-corrected chi connectivity index (χ2v) is 19.3. The summed E-state index contributed by atoms with van der Waals surface area (Å²) >= 11 is 3.25. The molecular weight excluding hydrogens is 1060 g/mol. The summed E-state index contributed by atoms with van der Waals surface area (Å²) in [4.78, 5) is 97.0. The normalized spacial score (nSPS) is 18.6. The second kappa shape index (κ2) is 24.7. The van der Waals surface area contributed by atoms with E-state index in [1.807, 2.05) is 27.7 Å². The number of carbonyl (C=O) groups excluding carboxylic acids is 6. The van der Waals surface area contributed by atoms with Gasteiger partial charge < -0.3 is 40.0 Å². The Labute approximate surface area is 444 Å². The average Bonchev–Trinajstić information content (AvgIpc) is 4.25. The first-order chi connectivity index (χ1) is 36.2. The number of benzene rings is 2. The van der Waals surface area contributed by atoms with Crippen molar-refractivity contribution in [2.45, 2.75) is 65.0 Å². The Kier molecular flexibility index (Phi) is 18.1. The zero-order chi connectivity index (χ0) is 54.7. The fraction of sp³-hybridized carbons (Fsp3) is 0.360. The maximum absolute atomic E-state index is 14.9. The lowest BCUT2D eigenvalue weighted by Crippen LogP contribution is -2.41. The maximum Gasteiger partial charge on any atom is 0.497 e. The lowest BCUT2D eigenvalue weighted by Gasteiger charge is -2.32. The minimum absolute atomic E-state index is 0.184. The highest BCUT2D eigenvalue weighted by atomic mass is 79.9. The van der Waals surface area contributed by atoms with Crippen molar-refractivity contribution < 1.29 is 56.3 Å². The molecule has 0 saturated carbocycles. The molecule has 7 heterocycles. The number of halogens is 3. The van der Waals surface area contributed by atoms with Gasteiger partial charge in [0.2, 0.25) is 11.8 Å². The van der Waals surface area contributed by atoms with Crippen LogP contribution in [0.4, 0.5) is 29.7 Å². The molecule has 0 aliphatic carbocycles. The highest BCUT2D eigenvalue weighted by Gasteiger charge is 2.52. The first-order valence-corrected chi connectivity index (χ1v) is 24.6. The van der Waals surface area contributed by atoms with Gasteiger partial charge in [0.05, 0.1) is 74.9 Å². The zero-order valence-electron chi connectivity index (χ0n) is 42.3. The van der Waals surface area contributed by atoms with Crippen LogP contribution in [-0.2, 0) is 28.4 Å². The molecule has 76 heavy (non-hydrogen) atoms. The standard InChI is InChI=1S/C22H21FN6O4.C18H24BFN2O5.C10H9BrN4O/c1-13(30)26-10-16-12-29(22(32)33-16)15-3-4-17(18(23)8-15)14-2-5-19(27-9-14)21(31)28-11-20-24-6-7-25-20;1-11(23)21-9-13-10-22(16(24)25-13)12-6-7-14(15(20)8-12)19-26-17(2,3)18(4,5)27-19;11-7-1-2-8(14-5-7)10(16)15-6-9-12-3-4-13-9/h2-6,8-9,16H,7,10-12H2,1H3,(H,26,30)(H,28,31);6-8,13H,9-10H2,1-5H3,(H,21,23);1-3,5H,4,6H2,(H,15,16)/t16-;13-;/m00./s1. The molecule has 0 unspecified atom stereocenters. The van der Waals surface area contributed by atoms with Crippen molar-refractivity contribution >= 4 is 99.8 Å². The largest absolute Gasteiger partial charge is 0.497 e. The number of ether oxygens (including phenoxy) is 2. The SMILES string of the molecule is CC(=O)NC[C@H]1CN(c2ccc(-c3ccc(C(=O)NCC4=NCC=N4)nc3)c(F)c2)C(=O)O1.CC(=O)NC[C@H]1CN(c2ccc(B3OC(C)(C)C(C)(C)O3)c(F)c2)C(=O)O1.O=C(NCC1=NCC=N1)c1ccc(Br)cn1. The molecule has 26 heteroatoms. The number of nitrogens with zero attached hydrogens (tertiary/aromatic N) is 8. The van der Waals surface area contributed by atoms with E-state index in [0.717, 1.165) is 4.47 Å². The molecule has 22 nitrogen and oxygen atoms in total. The van der Waals surface area contributed by atoms with E-state index in [1.54, 1.807) is 55.0 Å². The third kappa shape index (κ3) is 14.5. The van der Waals surface area contributed by atoms with Crippen molar-refractivity contribution in [2.24, 2.45) is 20.0 Å². The Morgan fingerprint density at radius 3 is 1.58 bits per heavy atom. The number of pyridine rings is 2. The highest BCUT2D eigenvalue weighted by Crippen LogP contribution is 2.37. The lowest BCUT2D eigenvalue weighted by molar-refractivity contribution is -0.120. The molecule has 0 spiro atoms. The minimum atomic E-state index is -0.818. The first-order valence-electron chi connectivity index (χ1n) is 23.8. The van der Waals surface area contributed by atoms with Crippen LogP contribution in [0.5, 0.6) is 0 Å². The van der Waals surface area contributed by atoms with Gasteiger partial charge in [-0.05, 0) is 92.2 Å². The number of amidine groups is 2. The van der Waals surface area contributed by atoms with Gasteiger partial charge >= 0.3 is 19.3 Å². The highest BCUT2D eigenvalue weighted by molar-refractivity contribution is 9.10. The van der Waals surface area contributed by atoms with E-state index in [1.165, 1.54) is 54.1 Å². The van der Waals surface area contributed by atoms with Crippen molar-refractivity contribution in [1.29, 1.82) is 0 Å². The minimum Gasteiger partial charge on any atom is -0.442 e. The van der Waals surface area contributed by atoms with Crippen LogP contribution in [0.3, 0.4) is 0 Å². The molecule has 4 aromatic rings. The molecule has 2 aromatic heterocycles. The quantitative estimate of drug-likeness (QED) is 0.130. The van der Waals surface area contributed by atoms with Crippen molar-refractivity contribution in [2.75, 3.05) is 62.2 Å². The molecule has 6 amide bonds. The van der Waals surface area contributed by atoms with Gasteiger partial charge in [0.15, 0.2) is 0 Å². The summed E-state index contributed by atoms with van der Waals surface area (Å²) in [5.41, 5.74) is 1.17. The van der Waals surface area contributed by atoms with E-state index in [2.05, 4.69) is 67.1 Å². The molecule has 0 radical (unpaired) electrons. The van der Waals surface area contributed by atoms with E-state index in [-0.39, 0.29) is 73.1 Å². The Morgan fingerprint density at radius 2 is 1.16 bits per heavy atom. The predicted molar refractivity (Wildman–Crippen MR) is 283 cm³/mol. The summed E-state index contributed by atoms with van der Waals surface area (Å²) in [6.45, 7) is 12.8. The van der Waals surface area contributed by atoms with Crippen LogP contribution in [0.2, 0.25) is 0 Å². The van der Waals surface area contributed by atoms with Crippen LogP contribution >= 0.6 is 15.9 Å². The van der Waals surface area contributed by atoms with Gasteiger partial charge in [-0.3, -0.25) is 43.9 Å². The average molecular weight is 1110 g/mol. The van der Waals surface area contributed by atoms with Crippen molar-refractivity contribution in [3.8, 4) is 11.1 Å². The molecule has 3 fully saturated rings. The van der Waals surface area contributed by atoms with Gasteiger partial charge in [0.25, 0.3) is 11.8 Å². The van der Waals surface area contributed by atoms with Crippen LogP contribution in [0.15, 0.2) is 97.5 Å². The van der Waals surface area contributed by atoms with E-state index in [9.17, 15) is 37.5 Å². The summed E-state index contributed by atoms with van der Waals surface area (Å²) in [5.74, 6) is -0.931. The maximum atomic E-state index is 14.9. The van der Waals surface area contributed by atoms with Crippen LogP contribution < -0.4 is 36.5 Å².